The van der Waals surface area contributed by atoms with Crippen molar-refractivity contribution >= 4 is 38.6 Å². The maximum atomic E-state index is 13.2. The van der Waals surface area contributed by atoms with Crippen LogP contribution < -0.4 is 4.72 Å². The van der Waals surface area contributed by atoms with E-state index < -0.39 is 10.0 Å². The molecule has 0 saturated carbocycles. The molecule has 196 valence electrons. The molecule has 1 saturated heterocycles. The molecular weight excluding hydrogens is 492 g/mol. The summed E-state index contributed by atoms with van der Waals surface area (Å²) >= 11 is 0. The van der Waals surface area contributed by atoms with Crippen molar-refractivity contribution in [1.29, 1.82) is 0 Å². The Bertz CT molecular complexity index is 1370. The van der Waals surface area contributed by atoms with Crippen LogP contribution in [0.3, 0.4) is 0 Å². The number of amides is 2. The third-order valence-corrected chi connectivity index (χ3v) is 7.64. The maximum absolute atomic E-state index is 13.2. The summed E-state index contributed by atoms with van der Waals surface area (Å²) in [5.41, 5.74) is 1.16. The van der Waals surface area contributed by atoms with Crippen molar-refractivity contribution in [1.82, 2.24) is 14.8 Å². The molecule has 2 heterocycles. The van der Waals surface area contributed by atoms with Gasteiger partial charge in [-0.2, -0.15) is 0 Å². The highest BCUT2D eigenvalue weighted by atomic mass is 32.2. The third kappa shape index (κ3) is 5.85. The van der Waals surface area contributed by atoms with Gasteiger partial charge >= 0.3 is 6.09 Å². The SMILES string of the molecule is CC(C)COC(=O)N1[C@H](C)CN(C(=O)c2ccc(NS(=O)(=O)c3cccc4cccnc34)cc2)C[C@@H]1C. The number of rotatable bonds is 6. The molecule has 0 bridgehead atoms. The second-order valence-corrected chi connectivity index (χ2v) is 11.5. The van der Waals surface area contributed by atoms with E-state index in [-0.39, 0.29) is 34.9 Å². The first kappa shape index (κ1) is 26.4. The molecule has 2 aromatic carbocycles. The lowest BCUT2D eigenvalue weighted by Gasteiger charge is -2.43. The number of piperazine rings is 1. The van der Waals surface area contributed by atoms with Crippen molar-refractivity contribution < 1.29 is 22.7 Å². The van der Waals surface area contributed by atoms with Crippen molar-refractivity contribution in [3.8, 4) is 0 Å². The van der Waals surface area contributed by atoms with Gasteiger partial charge in [-0.1, -0.05) is 32.0 Å². The molecule has 1 aliphatic heterocycles. The first-order valence-corrected chi connectivity index (χ1v) is 13.8. The second-order valence-electron chi connectivity index (χ2n) is 9.80. The Morgan fingerprint density at radius 3 is 2.32 bits per heavy atom. The van der Waals surface area contributed by atoms with Crippen LogP contribution in [-0.4, -0.2) is 67.0 Å². The molecule has 2 atom stereocenters. The van der Waals surface area contributed by atoms with E-state index in [0.29, 0.717) is 36.5 Å². The highest BCUT2D eigenvalue weighted by molar-refractivity contribution is 7.93. The number of fused-ring (bicyclic) bond motifs is 1. The van der Waals surface area contributed by atoms with Gasteiger partial charge in [-0.25, -0.2) is 13.2 Å². The lowest BCUT2D eigenvalue weighted by molar-refractivity contribution is 0.0185. The van der Waals surface area contributed by atoms with Gasteiger partial charge in [-0.3, -0.25) is 19.4 Å². The van der Waals surface area contributed by atoms with Gasteiger partial charge in [0.25, 0.3) is 15.9 Å². The molecule has 9 nitrogen and oxygen atoms in total. The predicted molar refractivity (Wildman–Crippen MR) is 142 cm³/mol. The predicted octanol–water partition coefficient (Wildman–Crippen LogP) is 4.36. The van der Waals surface area contributed by atoms with Crippen LogP contribution in [0.5, 0.6) is 0 Å². The van der Waals surface area contributed by atoms with Gasteiger partial charge in [0.1, 0.15) is 4.90 Å². The van der Waals surface area contributed by atoms with Crippen LogP contribution in [0.1, 0.15) is 38.1 Å². The summed E-state index contributed by atoms with van der Waals surface area (Å²) in [6.07, 6.45) is 1.19. The zero-order valence-electron chi connectivity index (χ0n) is 21.4. The van der Waals surface area contributed by atoms with Crippen molar-refractivity contribution in [3.63, 3.8) is 0 Å². The molecule has 0 spiro atoms. The highest BCUT2D eigenvalue weighted by Crippen LogP contribution is 2.24. The first-order chi connectivity index (χ1) is 17.6. The Kier molecular flexibility index (Phi) is 7.68. The fourth-order valence-electron chi connectivity index (χ4n) is 4.53. The summed E-state index contributed by atoms with van der Waals surface area (Å²) in [7, 11) is -3.89. The molecule has 0 aliphatic carbocycles. The number of ether oxygens (including phenoxy) is 1. The number of carbonyl (C=O) groups excluding carboxylic acids is 2. The van der Waals surface area contributed by atoms with E-state index in [4.69, 9.17) is 4.74 Å². The van der Waals surface area contributed by atoms with Gasteiger partial charge in [0.05, 0.1) is 24.2 Å². The molecule has 1 N–H and O–H groups in total. The minimum Gasteiger partial charge on any atom is -0.449 e. The van der Waals surface area contributed by atoms with Crippen LogP contribution in [0, 0.1) is 5.92 Å². The van der Waals surface area contributed by atoms with E-state index in [9.17, 15) is 18.0 Å². The molecule has 37 heavy (non-hydrogen) atoms. The number of nitrogens with zero attached hydrogens (tertiary/aromatic N) is 3. The molecule has 2 amide bonds. The van der Waals surface area contributed by atoms with Gasteiger partial charge in [0, 0.05) is 35.9 Å². The molecule has 4 rings (SSSR count). The monoisotopic (exact) mass is 524 g/mol. The van der Waals surface area contributed by atoms with E-state index in [2.05, 4.69) is 9.71 Å². The number of aromatic nitrogens is 1. The summed E-state index contributed by atoms with van der Waals surface area (Å²) in [5, 5.41) is 0.725. The summed E-state index contributed by atoms with van der Waals surface area (Å²) < 4.78 is 34.1. The van der Waals surface area contributed by atoms with E-state index >= 15 is 0 Å². The van der Waals surface area contributed by atoms with E-state index in [1.807, 2.05) is 27.7 Å². The molecule has 1 aliphatic rings. The Morgan fingerprint density at radius 2 is 1.68 bits per heavy atom. The molecule has 3 aromatic rings. The minimum absolute atomic E-state index is 0.0820. The smallest absolute Gasteiger partial charge is 0.410 e. The van der Waals surface area contributed by atoms with E-state index in [1.165, 1.54) is 6.07 Å². The standard InChI is InChI=1S/C27H32N4O5S/c1-18(2)17-36-27(33)31-19(3)15-30(16-20(31)4)26(32)22-10-12-23(13-11-22)29-37(34,35)24-9-5-7-21-8-6-14-28-25(21)24/h5-14,18-20,29H,15-17H2,1-4H3/t19-,20+. The number of benzene rings is 2. The number of hydrogen-bond donors (Lipinski definition) is 1. The van der Waals surface area contributed by atoms with Crippen LogP contribution in [0.4, 0.5) is 10.5 Å². The summed E-state index contributed by atoms with van der Waals surface area (Å²) in [4.78, 5) is 33.4. The molecule has 0 radical (unpaired) electrons. The van der Waals surface area contributed by atoms with Gasteiger partial charge in [-0.15, -0.1) is 0 Å². The number of para-hydroxylation sites is 1. The van der Waals surface area contributed by atoms with Crippen molar-refractivity contribution in [2.24, 2.45) is 5.92 Å². The largest absolute Gasteiger partial charge is 0.449 e. The van der Waals surface area contributed by atoms with Gasteiger partial charge in [0.2, 0.25) is 0 Å². The van der Waals surface area contributed by atoms with Crippen LogP contribution in [0.15, 0.2) is 65.7 Å². The number of pyridine rings is 1. The number of sulfonamides is 1. The summed E-state index contributed by atoms with van der Waals surface area (Å²) in [6, 6.07) is 14.5. The van der Waals surface area contributed by atoms with Crippen molar-refractivity contribution in [2.75, 3.05) is 24.4 Å². The molecule has 1 aromatic heterocycles. The number of hydrogen-bond acceptors (Lipinski definition) is 6. The summed E-state index contributed by atoms with van der Waals surface area (Å²) in [6.45, 7) is 8.86. The Hall–Kier alpha value is -3.66. The normalized spacial score (nSPS) is 18.2. The molecule has 10 heteroatoms. The fraction of sp³-hybridized carbons (Fsp3) is 0.370. The van der Waals surface area contributed by atoms with Crippen molar-refractivity contribution in [2.45, 2.75) is 44.7 Å². The van der Waals surface area contributed by atoms with Crippen LogP contribution >= 0.6 is 0 Å². The summed E-state index contributed by atoms with van der Waals surface area (Å²) in [5.74, 6) is 0.0649. The van der Waals surface area contributed by atoms with Crippen molar-refractivity contribution in [3.05, 3.63) is 66.4 Å². The average Bonchev–Trinajstić information content (AvgIpc) is 2.86. The maximum Gasteiger partial charge on any atom is 0.410 e. The van der Waals surface area contributed by atoms with Crippen LogP contribution in [-0.2, 0) is 14.8 Å². The zero-order valence-corrected chi connectivity index (χ0v) is 22.2. The molecule has 0 unspecified atom stereocenters. The van der Waals surface area contributed by atoms with Gasteiger partial charge in [-0.05, 0) is 56.2 Å². The quantitative estimate of drug-likeness (QED) is 0.513. The lowest BCUT2D eigenvalue weighted by Crippen LogP contribution is -2.60. The van der Waals surface area contributed by atoms with Crippen LogP contribution in [0.2, 0.25) is 0 Å². The van der Waals surface area contributed by atoms with Crippen LogP contribution in [0.25, 0.3) is 10.9 Å². The van der Waals surface area contributed by atoms with E-state index in [1.54, 1.807) is 64.5 Å². The topological polar surface area (TPSA) is 109 Å². The van der Waals surface area contributed by atoms with E-state index in [0.717, 1.165) is 5.39 Å². The van der Waals surface area contributed by atoms with Gasteiger partial charge < -0.3 is 9.64 Å². The third-order valence-electron chi connectivity index (χ3n) is 6.23. The second kappa shape index (κ2) is 10.8. The Morgan fingerprint density at radius 1 is 1.03 bits per heavy atom. The number of nitrogens with one attached hydrogen (secondary N) is 1. The lowest BCUT2D eigenvalue weighted by atomic mass is 10.1. The average molecular weight is 525 g/mol. The van der Waals surface area contributed by atoms with Gasteiger partial charge in [0.15, 0.2) is 0 Å². The minimum atomic E-state index is -3.89. The first-order valence-electron chi connectivity index (χ1n) is 12.3. The number of anilines is 1. The Balaban J connectivity index is 1.44. The molecule has 1 fully saturated rings. The highest BCUT2D eigenvalue weighted by Gasteiger charge is 2.36. The fourth-order valence-corrected chi connectivity index (χ4v) is 5.77. The Labute approximate surface area is 217 Å². The zero-order chi connectivity index (χ0) is 26.7. The number of carbonyl (C=O) groups is 2. The molecular formula is C27H32N4O5S.